The van der Waals surface area contributed by atoms with Crippen molar-refractivity contribution >= 4 is 11.8 Å². The summed E-state index contributed by atoms with van der Waals surface area (Å²) in [4.78, 5) is 29.9. The van der Waals surface area contributed by atoms with Gasteiger partial charge in [-0.3, -0.25) is 9.59 Å². The molecule has 2 aliphatic carbocycles. The van der Waals surface area contributed by atoms with Crippen LogP contribution in [0.2, 0.25) is 0 Å². The number of nitrogens with zero attached hydrogens (tertiary/aromatic N) is 2. The second-order valence-electron chi connectivity index (χ2n) is 8.55. The minimum Gasteiger partial charge on any atom is -0.342 e. The molecule has 1 aliphatic heterocycles. The lowest BCUT2D eigenvalue weighted by Gasteiger charge is -2.35. The molecule has 2 N–H and O–H groups in total. The first-order chi connectivity index (χ1) is 13.1. The zero-order valence-corrected chi connectivity index (χ0v) is 16.1. The van der Waals surface area contributed by atoms with E-state index >= 15 is 0 Å². The zero-order valence-electron chi connectivity index (χ0n) is 16.1. The smallest absolute Gasteiger partial charge is 0.226 e. The van der Waals surface area contributed by atoms with Crippen molar-refractivity contribution in [3.8, 4) is 0 Å². The summed E-state index contributed by atoms with van der Waals surface area (Å²) in [6.45, 7) is 2.14. The van der Waals surface area contributed by atoms with Gasteiger partial charge < -0.3 is 15.5 Å². The molecule has 2 unspecified atom stereocenters. The molecule has 2 atom stereocenters. The highest BCUT2D eigenvalue weighted by molar-refractivity contribution is 5.81. The van der Waals surface area contributed by atoms with Crippen LogP contribution in [0.5, 0.6) is 0 Å². The van der Waals surface area contributed by atoms with Crippen LogP contribution in [0.3, 0.4) is 0 Å². The Balaban J connectivity index is 1.32. The highest BCUT2D eigenvalue weighted by Crippen LogP contribution is 2.33. The number of hydrogen-bond donors (Lipinski definition) is 1. The van der Waals surface area contributed by atoms with E-state index < -0.39 is 0 Å². The van der Waals surface area contributed by atoms with Gasteiger partial charge >= 0.3 is 0 Å². The number of rotatable bonds is 5. The van der Waals surface area contributed by atoms with Crippen molar-refractivity contribution in [1.29, 1.82) is 0 Å². The Morgan fingerprint density at radius 2 is 1.67 bits per heavy atom. The standard InChI is InChI=1S/C22H31N3O2/c23-19-7-6-18(14-19)21(26)24-12-10-17(11-13-24)22(27)25(20-8-9-20)15-16-4-2-1-3-5-16/h1-5,17-20H,6-15,23H2. The zero-order chi connectivity index (χ0) is 18.8. The Morgan fingerprint density at radius 1 is 0.963 bits per heavy atom. The minimum absolute atomic E-state index is 0.0594. The highest BCUT2D eigenvalue weighted by Gasteiger charge is 2.38. The van der Waals surface area contributed by atoms with Gasteiger partial charge in [0.1, 0.15) is 0 Å². The van der Waals surface area contributed by atoms with Gasteiger partial charge in [0.05, 0.1) is 0 Å². The van der Waals surface area contributed by atoms with Crippen LogP contribution in [-0.4, -0.2) is 46.8 Å². The first-order valence-corrected chi connectivity index (χ1v) is 10.5. The van der Waals surface area contributed by atoms with Gasteiger partial charge in [-0.1, -0.05) is 30.3 Å². The lowest BCUT2D eigenvalue weighted by molar-refractivity contribution is -0.143. The lowest BCUT2D eigenvalue weighted by Crippen LogP contribution is -2.46. The minimum atomic E-state index is 0.0594. The van der Waals surface area contributed by atoms with E-state index in [2.05, 4.69) is 17.0 Å². The van der Waals surface area contributed by atoms with Crippen LogP contribution in [0.15, 0.2) is 30.3 Å². The van der Waals surface area contributed by atoms with Gasteiger partial charge in [-0.25, -0.2) is 0 Å². The van der Waals surface area contributed by atoms with E-state index in [0.29, 0.717) is 25.7 Å². The largest absolute Gasteiger partial charge is 0.342 e. The second kappa shape index (κ2) is 8.01. The van der Waals surface area contributed by atoms with Crippen molar-refractivity contribution in [2.24, 2.45) is 17.6 Å². The van der Waals surface area contributed by atoms with Gasteiger partial charge in [0.2, 0.25) is 11.8 Å². The molecule has 27 heavy (non-hydrogen) atoms. The van der Waals surface area contributed by atoms with E-state index in [0.717, 1.165) is 44.9 Å². The third-order valence-corrected chi connectivity index (χ3v) is 6.44. The van der Waals surface area contributed by atoms with E-state index in [4.69, 9.17) is 5.73 Å². The Morgan fingerprint density at radius 3 is 2.26 bits per heavy atom. The van der Waals surface area contributed by atoms with E-state index in [1.807, 2.05) is 23.1 Å². The summed E-state index contributed by atoms with van der Waals surface area (Å²) in [5.41, 5.74) is 7.16. The maximum Gasteiger partial charge on any atom is 0.226 e. The molecule has 5 nitrogen and oxygen atoms in total. The summed E-state index contributed by atoms with van der Waals surface area (Å²) in [6, 6.07) is 10.9. The molecule has 3 aliphatic rings. The number of carbonyl (C=O) groups excluding carboxylic acids is 2. The first-order valence-electron chi connectivity index (χ1n) is 10.5. The number of hydrogen-bond acceptors (Lipinski definition) is 3. The maximum atomic E-state index is 13.2. The molecule has 146 valence electrons. The van der Waals surface area contributed by atoms with E-state index in [9.17, 15) is 9.59 Å². The quantitative estimate of drug-likeness (QED) is 0.867. The molecular formula is C22H31N3O2. The molecule has 0 aromatic heterocycles. The molecule has 3 fully saturated rings. The highest BCUT2D eigenvalue weighted by atomic mass is 16.2. The number of amides is 2. The fourth-order valence-electron chi connectivity index (χ4n) is 4.63. The lowest BCUT2D eigenvalue weighted by atomic mass is 9.93. The molecule has 1 heterocycles. The Labute approximate surface area is 161 Å². The predicted octanol–water partition coefficient (Wildman–Crippen LogP) is 2.54. The maximum absolute atomic E-state index is 13.2. The van der Waals surface area contributed by atoms with E-state index in [1.54, 1.807) is 0 Å². The number of benzene rings is 1. The molecule has 0 bridgehead atoms. The molecule has 2 amide bonds. The monoisotopic (exact) mass is 369 g/mol. The molecule has 1 aromatic carbocycles. The van der Waals surface area contributed by atoms with Crippen LogP contribution in [0.1, 0.15) is 50.5 Å². The van der Waals surface area contributed by atoms with Crippen LogP contribution in [0, 0.1) is 11.8 Å². The number of nitrogens with two attached hydrogens (primary N) is 1. The van der Waals surface area contributed by atoms with Crippen molar-refractivity contribution < 1.29 is 9.59 Å². The second-order valence-corrected chi connectivity index (χ2v) is 8.55. The van der Waals surface area contributed by atoms with E-state index in [-0.39, 0.29) is 29.7 Å². The van der Waals surface area contributed by atoms with Crippen LogP contribution < -0.4 is 5.73 Å². The summed E-state index contributed by atoms with van der Waals surface area (Å²) < 4.78 is 0. The molecular weight excluding hydrogens is 338 g/mol. The van der Waals surface area contributed by atoms with Gasteiger partial charge in [-0.05, 0) is 50.5 Å². The van der Waals surface area contributed by atoms with Crippen molar-refractivity contribution in [2.75, 3.05) is 13.1 Å². The van der Waals surface area contributed by atoms with Crippen molar-refractivity contribution in [2.45, 2.75) is 63.6 Å². The average Bonchev–Trinajstić information content (AvgIpc) is 3.46. The summed E-state index contributed by atoms with van der Waals surface area (Å²) in [5.74, 6) is 0.714. The average molecular weight is 370 g/mol. The Bertz CT molecular complexity index is 665. The van der Waals surface area contributed by atoms with Crippen molar-refractivity contribution in [3.63, 3.8) is 0 Å². The van der Waals surface area contributed by atoms with Gasteiger partial charge in [0.15, 0.2) is 0 Å². The number of likely N-dealkylation sites (tertiary alicyclic amines) is 1. The molecule has 1 aromatic rings. The van der Waals surface area contributed by atoms with Crippen LogP contribution in [0.4, 0.5) is 0 Å². The van der Waals surface area contributed by atoms with Crippen molar-refractivity contribution in [3.05, 3.63) is 35.9 Å². The first kappa shape index (κ1) is 18.5. The predicted molar refractivity (Wildman–Crippen MR) is 105 cm³/mol. The van der Waals surface area contributed by atoms with Crippen LogP contribution in [-0.2, 0) is 16.1 Å². The normalized spacial score (nSPS) is 26.2. The summed E-state index contributed by atoms with van der Waals surface area (Å²) in [6.07, 6.45) is 6.54. The summed E-state index contributed by atoms with van der Waals surface area (Å²) in [5, 5.41) is 0. The van der Waals surface area contributed by atoms with Gasteiger partial charge in [-0.15, -0.1) is 0 Å². The molecule has 4 rings (SSSR count). The summed E-state index contributed by atoms with van der Waals surface area (Å²) >= 11 is 0. The fraction of sp³-hybridized carbons (Fsp3) is 0.636. The van der Waals surface area contributed by atoms with Gasteiger partial charge in [-0.2, -0.15) is 0 Å². The number of carbonyl (C=O) groups is 2. The Kier molecular flexibility index (Phi) is 5.48. The Hall–Kier alpha value is -1.88. The molecule has 2 saturated carbocycles. The van der Waals surface area contributed by atoms with Crippen molar-refractivity contribution in [1.82, 2.24) is 9.80 Å². The van der Waals surface area contributed by atoms with Crippen LogP contribution >= 0.6 is 0 Å². The topological polar surface area (TPSA) is 66.6 Å². The molecule has 0 spiro atoms. The fourth-order valence-corrected chi connectivity index (χ4v) is 4.63. The third kappa shape index (κ3) is 4.34. The van der Waals surface area contributed by atoms with Gasteiger partial charge in [0.25, 0.3) is 0 Å². The summed E-state index contributed by atoms with van der Waals surface area (Å²) in [7, 11) is 0. The third-order valence-electron chi connectivity index (χ3n) is 6.44. The molecule has 1 saturated heterocycles. The van der Waals surface area contributed by atoms with E-state index in [1.165, 1.54) is 5.56 Å². The van der Waals surface area contributed by atoms with Crippen LogP contribution in [0.25, 0.3) is 0 Å². The molecule has 0 radical (unpaired) electrons. The number of piperidine rings is 1. The van der Waals surface area contributed by atoms with Gasteiger partial charge in [0, 0.05) is 43.6 Å². The molecule has 5 heteroatoms. The SMILES string of the molecule is NC1CCC(C(=O)N2CCC(C(=O)N(Cc3ccccc3)C3CC3)CC2)C1.